The van der Waals surface area contributed by atoms with Gasteiger partial charge in [-0.25, -0.2) is 4.39 Å². The molecule has 6 nitrogen and oxygen atoms in total. The van der Waals surface area contributed by atoms with Crippen LogP contribution in [0.4, 0.5) is 10.1 Å². The zero-order chi connectivity index (χ0) is 20.6. The zero-order valence-electron chi connectivity index (χ0n) is 16.9. The standard InChI is InChI=1S/C22H28FN3O3/c1-17(22(27)24-21-6-4-3-5-20(21)23)26-13-11-25(12-14-26)15-16-29-19-9-7-18(28-2)8-10-19/h3-10,17H,11-16H2,1-2H3,(H,24,27)/t17-/m0/s1. The average Bonchev–Trinajstić information content (AvgIpc) is 2.76. The van der Waals surface area contributed by atoms with Crippen LogP contribution in [0.25, 0.3) is 0 Å². The van der Waals surface area contributed by atoms with Crippen LogP contribution >= 0.6 is 0 Å². The Morgan fingerprint density at radius 3 is 2.38 bits per heavy atom. The van der Waals surface area contributed by atoms with E-state index in [1.54, 1.807) is 25.3 Å². The van der Waals surface area contributed by atoms with Crippen LogP contribution in [0, 0.1) is 5.82 Å². The predicted molar refractivity (Wildman–Crippen MR) is 111 cm³/mol. The summed E-state index contributed by atoms with van der Waals surface area (Å²) in [6, 6.07) is 13.5. The summed E-state index contributed by atoms with van der Waals surface area (Å²) in [4.78, 5) is 16.9. The number of para-hydroxylation sites is 1. The van der Waals surface area contributed by atoms with Crippen molar-refractivity contribution in [3.63, 3.8) is 0 Å². The molecule has 1 N–H and O–H groups in total. The lowest BCUT2D eigenvalue weighted by atomic mass is 10.2. The van der Waals surface area contributed by atoms with Crippen molar-refractivity contribution in [3.8, 4) is 11.5 Å². The van der Waals surface area contributed by atoms with Gasteiger partial charge in [0.2, 0.25) is 5.91 Å². The lowest BCUT2D eigenvalue weighted by Gasteiger charge is -2.37. The number of nitrogens with zero attached hydrogens (tertiary/aromatic N) is 2. The van der Waals surface area contributed by atoms with Crippen LogP contribution in [0.3, 0.4) is 0 Å². The minimum atomic E-state index is -0.422. The van der Waals surface area contributed by atoms with Gasteiger partial charge in [-0.1, -0.05) is 12.1 Å². The summed E-state index contributed by atoms with van der Waals surface area (Å²) in [5.41, 5.74) is 0.221. The number of benzene rings is 2. The predicted octanol–water partition coefficient (Wildman–Crippen LogP) is 2.86. The van der Waals surface area contributed by atoms with Gasteiger partial charge in [0.05, 0.1) is 18.8 Å². The second-order valence-corrected chi connectivity index (χ2v) is 7.05. The lowest BCUT2D eigenvalue weighted by molar-refractivity contribution is -0.121. The highest BCUT2D eigenvalue weighted by molar-refractivity contribution is 5.94. The van der Waals surface area contributed by atoms with Crippen LogP contribution in [0.2, 0.25) is 0 Å². The van der Waals surface area contributed by atoms with Crippen LogP contribution in [-0.4, -0.2) is 68.2 Å². The number of hydrogen-bond acceptors (Lipinski definition) is 5. The number of methoxy groups -OCH3 is 1. The van der Waals surface area contributed by atoms with E-state index < -0.39 is 5.82 Å². The molecule has 1 amide bonds. The number of carbonyl (C=O) groups excluding carboxylic acids is 1. The Labute approximate surface area is 171 Å². The molecule has 3 rings (SSSR count). The highest BCUT2D eigenvalue weighted by Crippen LogP contribution is 2.17. The Balaban J connectivity index is 1.39. The van der Waals surface area contributed by atoms with E-state index in [0.29, 0.717) is 6.61 Å². The Hall–Kier alpha value is -2.64. The number of piperazine rings is 1. The number of nitrogens with one attached hydrogen (secondary N) is 1. The second-order valence-electron chi connectivity index (χ2n) is 7.05. The average molecular weight is 401 g/mol. The maximum absolute atomic E-state index is 13.7. The van der Waals surface area contributed by atoms with Gasteiger partial charge in [-0.2, -0.15) is 0 Å². The van der Waals surface area contributed by atoms with Crippen molar-refractivity contribution in [1.82, 2.24) is 9.80 Å². The minimum Gasteiger partial charge on any atom is -0.497 e. The molecule has 1 atom stereocenters. The van der Waals surface area contributed by atoms with Crippen molar-refractivity contribution in [2.45, 2.75) is 13.0 Å². The molecule has 0 aliphatic carbocycles. The lowest BCUT2D eigenvalue weighted by Crippen LogP contribution is -2.53. The van der Waals surface area contributed by atoms with Crippen LogP contribution in [0.5, 0.6) is 11.5 Å². The first-order chi connectivity index (χ1) is 14.1. The van der Waals surface area contributed by atoms with Gasteiger partial charge in [0.15, 0.2) is 0 Å². The molecular weight excluding hydrogens is 373 g/mol. The van der Waals surface area contributed by atoms with E-state index in [0.717, 1.165) is 44.2 Å². The SMILES string of the molecule is COc1ccc(OCCN2CCN([C@@H](C)C(=O)Nc3ccccc3F)CC2)cc1. The molecule has 7 heteroatoms. The fourth-order valence-corrected chi connectivity index (χ4v) is 3.30. The molecule has 2 aromatic rings. The Kier molecular flexibility index (Phi) is 7.43. The Morgan fingerprint density at radius 2 is 1.72 bits per heavy atom. The summed E-state index contributed by atoms with van der Waals surface area (Å²) in [5, 5.41) is 2.68. The number of hydrogen-bond donors (Lipinski definition) is 1. The van der Waals surface area contributed by atoms with Gasteiger partial charge in [0.1, 0.15) is 23.9 Å². The first-order valence-corrected chi connectivity index (χ1v) is 9.85. The normalized spacial score (nSPS) is 16.2. The third-order valence-corrected chi connectivity index (χ3v) is 5.20. The molecule has 1 heterocycles. The molecular formula is C22H28FN3O3. The van der Waals surface area contributed by atoms with Gasteiger partial charge < -0.3 is 14.8 Å². The highest BCUT2D eigenvalue weighted by atomic mass is 19.1. The van der Waals surface area contributed by atoms with E-state index in [-0.39, 0.29) is 17.6 Å². The van der Waals surface area contributed by atoms with E-state index in [1.165, 1.54) is 6.07 Å². The summed E-state index contributed by atoms with van der Waals surface area (Å²) in [6.45, 7) is 6.60. The molecule has 0 unspecified atom stereocenters. The van der Waals surface area contributed by atoms with E-state index in [2.05, 4.69) is 15.1 Å². The molecule has 29 heavy (non-hydrogen) atoms. The van der Waals surface area contributed by atoms with Crippen molar-refractivity contribution in [2.24, 2.45) is 0 Å². The Bertz CT molecular complexity index is 792. The Morgan fingerprint density at radius 1 is 1.07 bits per heavy atom. The number of ether oxygens (including phenoxy) is 2. The summed E-state index contributed by atoms with van der Waals surface area (Å²) in [5.74, 6) is 1.02. The molecule has 2 aromatic carbocycles. The minimum absolute atomic E-state index is 0.189. The van der Waals surface area contributed by atoms with Gasteiger partial charge in [0.25, 0.3) is 0 Å². The molecule has 0 spiro atoms. The van der Waals surface area contributed by atoms with Crippen molar-refractivity contribution in [2.75, 3.05) is 51.8 Å². The van der Waals surface area contributed by atoms with Crippen molar-refractivity contribution >= 4 is 11.6 Å². The van der Waals surface area contributed by atoms with Gasteiger partial charge in [-0.3, -0.25) is 14.6 Å². The fourth-order valence-electron chi connectivity index (χ4n) is 3.30. The molecule has 156 valence electrons. The number of amides is 1. The quantitative estimate of drug-likeness (QED) is 0.737. The smallest absolute Gasteiger partial charge is 0.241 e. The third kappa shape index (κ3) is 5.92. The molecule has 1 aliphatic rings. The van der Waals surface area contributed by atoms with Crippen LogP contribution in [0.15, 0.2) is 48.5 Å². The van der Waals surface area contributed by atoms with E-state index in [1.807, 2.05) is 31.2 Å². The van der Waals surface area contributed by atoms with Crippen molar-refractivity contribution in [3.05, 3.63) is 54.3 Å². The van der Waals surface area contributed by atoms with Gasteiger partial charge in [-0.15, -0.1) is 0 Å². The summed E-state index contributed by atoms with van der Waals surface area (Å²) in [7, 11) is 1.64. The molecule has 1 saturated heterocycles. The second kappa shape index (κ2) is 10.2. The third-order valence-electron chi connectivity index (χ3n) is 5.20. The largest absolute Gasteiger partial charge is 0.497 e. The molecule has 0 radical (unpaired) electrons. The first-order valence-electron chi connectivity index (χ1n) is 9.85. The van der Waals surface area contributed by atoms with E-state index in [4.69, 9.17) is 9.47 Å². The topological polar surface area (TPSA) is 54.0 Å². The van der Waals surface area contributed by atoms with Gasteiger partial charge in [-0.05, 0) is 43.3 Å². The molecule has 0 bridgehead atoms. The maximum atomic E-state index is 13.7. The summed E-state index contributed by atoms with van der Waals surface area (Å²) >= 11 is 0. The van der Waals surface area contributed by atoms with Gasteiger partial charge in [0, 0.05) is 32.7 Å². The summed E-state index contributed by atoms with van der Waals surface area (Å²) < 4.78 is 24.7. The maximum Gasteiger partial charge on any atom is 0.241 e. The molecule has 0 aromatic heterocycles. The highest BCUT2D eigenvalue weighted by Gasteiger charge is 2.25. The first kappa shape index (κ1) is 21.1. The number of rotatable bonds is 8. The van der Waals surface area contributed by atoms with Crippen LogP contribution in [0.1, 0.15) is 6.92 Å². The number of anilines is 1. The zero-order valence-corrected chi connectivity index (χ0v) is 16.9. The molecule has 0 saturated carbocycles. The molecule has 1 fully saturated rings. The molecule has 1 aliphatic heterocycles. The number of carbonyl (C=O) groups is 1. The summed E-state index contributed by atoms with van der Waals surface area (Å²) in [6.07, 6.45) is 0. The van der Waals surface area contributed by atoms with E-state index >= 15 is 0 Å². The van der Waals surface area contributed by atoms with Crippen LogP contribution in [-0.2, 0) is 4.79 Å². The van der Waals surface area contributed by atoms with Crippen molar-refractivity contribution in [1.29, 1.82) is 0 Å². The fraction of sp³-hybridized carbons (Fsp3) is 0.409. The monoisotopic (exact) mass is 401 g/mol. The van der Waals surface area contributed by atoms with Crippen molar-refractivity contribution < 1.29 is 18.7 Å². The van der Waals surface area contributed by atoms with Crippen LogP contribution < -0.4 is 14.8 Å². The number of halogens is 1. The van der Waals surface area contributed by atoms with E-state index in [9.17, 15) is 9.18 Å². The van der Waals surface area contributed by atoms with Gasteiger partial charge >= 0.3 is 0 Å².